The second-order valence-corrected chi connectivity index (χ2v) is 37.6. The van der Waals surface area contributed by atoms with E-state index in [2.05, 4.69) is 162 Å². The third kappa shape index (κ3) is 13.7. The molecule has 0 saturated carbocycles. The first-order valence-corrected chi connectivity index (χ1v) is 31.3. The zero-order valence-corrected chi connectivity index (χ0v) is 44.8. The number of rotatable bonds is 19. The minimum Gasteiger partial charge on any atom is -0.417 e. The Bertz CT molecular complexity index is 1720. The van der Waals surface area contributed by atoms with Crippen molar-refractivity contribution < 1.29 is 23.2 Å². The molecule has 0 spiro atoms. The number of carbonyl (C=O) groups excluding carboxylic acids is 1. The molecule has 1 heterocycles. The molecule has 0 fully saturated rings. The van der Waals surface area contributed by atoms with Crippen LogP contribution in [0.2, 0.25) is 54.4 Å². The maximum Gasteiger partial charge on any atom is 0.192 e. The highest BCUT2D eigenvalue weighted by atomic mass is 32.1. The Morgan fingerprint density at radius 3 is 1.88 bits per heavy atom. The lowest BCUT2D eigenvalue weighted by molar-refractivity contribution is -0.140. The Hall–Kier alpha value is -1.51. The number of aryl methyl sites for hydroxylation is 1. The first-order chi connectivity index (χ1) is 26.1. The minimum atomic E-state index is -2.24. The van der Waals surface area contributed by atoms with Crippen molar-refractivity contribution in [1.82, 2.24) is 4.98 Å². The van der Waals surface area contributed by atoms with E-state index in [-0.39, 0.29) is 39.0 Å². The van der Waals surface area contributed by atoms with Gasteiger partial charge in [-0.1, -0.05) is 120 Å². The Balaban J connectivity index is 2.38. The summed E-state index contributed by atoms with van der Waals surface area (Å²) in [6, 6.07) is 8.44. The van der Waals surface area contributed by atoms with Crippen LogP contribution in [0.5, 0.6) is 0 Å². The van der Waals surface area contributed by atoms with E-state index in [0.29, 0.717) is 13.0 Å². The van der Waals surface area contributed by atoms with Gasteiger partial charge in [-0.05, 0) is 116 Å². The van der Waals surface area contributed by atoms with Crippen LogP contribution in [0.1, 0.15) is 144 Å². The average molecular weight is 873 g/mol. The minimum absolute atomic E-state index is 0.0170. The van der Waals surface area contributed by atoms with Crippen molar-refractivity contribution in [3.05, 3.63) is 63.1 Å². The number of aliphatic hydroxyl groups excluding tert-OH is 1. The summed E-state index contributed by atoms with van der Waals surface area (Å²) in [6.45, 7) is 48.8. The van der Waals surface area contributed by atoms with Gasteiger partial charge in [-0.3, -0.25) is 4.79 Å². The van der Waals surface area contributed by atoms with Crippen LogP contribution in [0.25, 0.3) is 11.6 Å². The second-order valence-electron chi connectivity index (χ2n) is 22.2. The number of aromatic nitrogens is 1. The quantitative estimate of drug-likeness (QED) is 0.142. The van der Waals surface area contributed by atoms with E-state index in [1.165, 1.54) is 5.57 Å². The molecule has 58 heavy (non-hydrogen) atoms. The van der Waals surface area contributed by atoms with E-state index in [4.69, 9.17) is 13.3 Å². The van der Waals surface area contributed by atoms with Gasteiger partial charge in [0.1, 0.15) is 5.78 Å². The van der Waals surface area contributed by atoms with Crippen molar-refractivity contribution in [2.75, 3.05) is 6.61 Å². The highest BCUT2D eigenvalue weighted by Crippen LogP contribution is 2.43. The maximum absolute atomic E-state index is 14.6. The molecule has 5 atom stereocenters. The van der Waals surface area contributed by atoms with E-state index in [1.807, 2.05) is 34.6 Å². The Morgan fingerprint density at radius 2 is 1.38 bits per heavy atom. The number of thiazole rings is 1. The van der Waals surface area contributed by atoms with Crippen LogP contribution in [0.3, 0.4) is 0 Å². The molecule has 1 aromatic carbocycles. The summed E-state index contributed by atoms with van der Waals surface area (Å²) in [5.41, 5.74) is 4.59. The van der Waals surface area contributed by atoms with Crippen molar-refractivity contribution in [1.29, 1.82) is 0 Å². The van der Waals surface area contributed by atoms with Crippen LogP contribution in [0.15, 0.2) is 41.3 Å². The standard InChI is InChI=1S/C48H85NO5SSi3/c1-33(26-27-41(53-57(19,20)46(9,10)11)34(2)30-40-32-55-37(5)49-40)38-24-23-25-39(31-38)35(3)43(50)36(4)44(51)48(15,16)42(54-58(21,22)47(12,13)14)28-29-52-56(17,18)45(6,7)8/h23-26,30-32,35-36,41-43,50H,27-29H2,1-22H3/b33-26+,34-30+/t35-,36+,41-,42-,43-/m0/s1. The third-order valence-corrected chi connectivity index (χ3v) is 28.3. The molecular formula is C48H85NO5SSi3. The number of carbonyl (C=O) groups is 1. The molecule has 1 aromatic heterocycles. The molecule has 0 radical (unpaired) electrons. The fourth-order valence-electron chi connectivity index (χ4n) is 6.37. The second kappa shape index (κ2) is 19.7. The Morgan fingerprint density at radius 1 is 0.845 bits per heavy atom. The van der Waals surface area contributed by atoms with E-state index in [9.17, 15) is 9.90 Å². The number of ketones is 1. The van der Waals surface area contributed by atoms with E-state index in [1.54, 1.807) is 11.3 Å². The molecule has 330 valence electrons. The molecular weight excluding hydrogens is 787 g/mol. The molecule has 1 N–H and O–H groups in total. The molecule has 2 rings (SSSR count). The molecule has 2 aromatic rings. The lowest BCUT2D eigenvalue weighted by Crippen LogP contribution is -2.52. The molecule has 6 nitrogen and oxygen atoms in total. The van der Waals surface area contributed by atoms with Gasteiger partial charge in [0, 0.05) is 29.2 Å². The van der Waals surface area contributed by atoms with Gasteiger partial charge in [-0.25, -0.2) is 4.98 Å². The van der Waals surface area contributed by atoms with Crippen LogP contribution in [-0.4, -0.2) is 65.7 Å². The van der Waals surface area contributed by atoms with Crippen LogP contribution in [-0.2, 0) is 18.1 Å². The summed E-state index contributed by atoms with van der Waals surface area (Å²) in [7, 11) is -6.30. The number of nitrogens with zero attached hydrogens (tertiary/aromatic N) is 1. The normalized spacial score (nSPS) is 17.2. The van der Waals surface area contributed by atoms with E-state index >= 15 is 0 Å². The summed E-state index contributed by atoms with van der Waals surface area (Å²) < 4.78 is 20.8. The molecule has 0 aliphatic rings. The number of hydrogen-bond donors (Lipinski definition) is 1. The molecule has 0 bridgehead atoms. The Kier molecular flexibility index (Phi) is 17.9. The van der Waals surface area contributed by atoms with Crippen molar-refractivity contribution in [3.8, 4) is 0 Å². The SMILES string of the molecule is C/C(=C\C[C@H](O[Si](C)(C)C(C)(C)C)/C(C)=C/c1csc(C)n1)c1cccc([C@H](C)[C@H](O)[C@@H](C)C(=O)C(C)(C)[C@H](CCO[Si](C)(C)C(C)(C)C)O[Si](C)(C)C(C)(C)C)c1. The summed E-state index contributed by atoms with van der Waals surface area (Å²) in [6.07, 6.45) is 4.56. The average Bonchev–Trinajstić information content (AvgIpc) is 3.50. The van der Waals surface area contributed by atoms with Crippen molar-refractivity contribution in [2.45, 2.75) is 202 Å². The molecule has 10 heteroatoms. The zero-order chi connectivity index (χ0) is 45.0. The summed E-state index contributed by atoms with van der Waals surface area (Å²) >= 11 is 1.66. The van der Waals surface area contributed by atoms with Gasteiger partial charge in [0.05, 0.1) is 29.0 Å². The molecule has 0 saturated heterocycles. The maximum atomic E-state index is 14.6. The van der Waals surface area contributed by atoms with Gasteiger partial charge in [0.15, 0.2) is 25.0 Å². The summed E-state index contributed by atoms with van der Waals surface area (Å²) in [4.78, 5) is 19.3. The van der Waals surface area contributed by atoms with Crippen LogP contribution in [0.4, 0.5) is 0 Å². The smallest absolute Gasteiger partial charge is 0.192 e. The number of benzene rings is 1. The molecule has 0 unspecified atom stereocenters. The summed E-state index contributed by atoms with van der Waals surface area (Å²) in [5.74, 6) is -0.827. The number of Topliss-reactive ketones (excluding diaryl/α,β-unsaturated/α-hetero) is 1. The molecule has 0 aliphatic carbocycles. The Labute approximate surface area is 363 Å². The van der Waals surface area contributed by atoms with Gasteiger partial charge in [-0.15, -0.1) is 11.3 Å². The van der Waals surface area contributed by atoms with Gasteiger partial charge < -0.3 is 18.4 Å². The van der Waals surface area contributed by atoms with E-state index in [0.717, 1.165) is 33.8 Å². The highest BCUT2D eigenvalue weighted by molar-refractivity contribution is 7.09. The first-order valence-electron chi connectivity index (χ1n) is 21.6. The third-order valence-electron chi connectivity index (χ3n) is 14.0. The van der Waals surface area contributed by atoms with Gasteiger partial charge >= 0.3 is 0 Å². The zero-order valence-electron chi connectivity index (χ0n) is 41.0. The van der Waals surface area contributed by atoms with Crippen LogP contribution in [0, 0.1) is 18.3 Å². The first kappa shape index (κ1) is 52.6. The van der Waals surface area contributed by atoms with Gasteiger partial charge in [0.25, 0.3) is 0 Å². The molecule has 0 amide bonds. The number of aliphatic hydroxyl groups is 1. The van der Waals surface area contributed by atoms with Crippen molar-refractivity contribution >= 4 is 53.7 Å². The van der Waals surface area contributed by atoms with Gasteiger partial charge in [0.2, 0.25) is 0 Å². The number of hydrogen-bond acceptors (Lipinski definition) is 7. The van der Waals surface area contributed by atoms with Crippen molar-refractivity contribution in [3.63, 3.8) is 0 Å². The van der Waals surface area contributed by atoms with Gasteiger partial charge in [-0.2, -0.15) is 0 Å². The lowest BCUT2D eigenvalue weighted by atomic mass is 9.72. The van der Waals surface area contributed by atoms with E-state index < -0.39 is 42.4 Å². The highest BCUT2D eigenvalue weighted by Gasteiger charge is 2.48. The molecule has 0 aliphatic heterocycles. The van der Waals surface area contributed by atoms with Crippen LogP contribution >= 0.6 is 11.3 Å². The monoisotopic (exact) mass is 872 g/mol. The largest absolute Gasteiger partial charge is 0.417 e. The fraction of sp³-hybridized carbons (Fsp3) is 0.708. The predicted octanol–water partition coefficient (Wildman–Crippen LogP) is 14.2. The predicted molar refractivity (Wildman–Crippen MR) is 259 cm³/mol. The summed E-state index contributed by atoms with van der Waals surface area (Å²) in [5, 5.41) is 15.3. The number of allylic oxidation sites excluding steroid dienone is 1. The topological polar surface area (TPSA) is 77.9 Å². The fourth-order valence-corrected chi connectivity index (χ4v) is 10.8. The van der Waals surface area contributed by atoms with Crippen molar-refractivity contribution in [2.24, 2.45) is 11.3 Å². The van der Waals surface area contributed by atoms with Crippen LogP contribution < -0.4 is 0 Å². The lowest BCUT2D eigenvalue weighted by Gasteiger charge is -2.45.